The molecule has 1 atom stereocenters. The Labute approximate surface area is 158 Å². The molecule has 1 aliphatic rings. The van der Waals surface area contributed by atoms with Crippen molar-refractivity contribution in [2.45, 2.75) is 19.5 Å². The lowest BCUT2D eigenvalue weighted by atomic mass is 10.1. The molecule has 4 rings (SSSR count). The zero-order valence-corrected chi connectivity index (χ0v) is 15.5. The predicted octanol–water partition coefficient (Wildman–Crippen LogP) is 2.54. The fraction of sp³-hybridized carbons (Fsp3) is 0.400. The number of aryl methyl sites for hydroxylation is 1. The van der Waals surface area contributed by atoms with Gasteiger partial charge in [-0.3, -0.25) is 15.0 Å². The van der Waals surface area contributed by atoms with E-state index in [1.54, 1.807) is 6.20 Å². The van der Waals surface area contributed by atoms with Crippen LogP contribution in [0.5, 0.6) is 0 Å². The lowest BCUT2D eigenvalue weighted by Gasteiger charge is -2.33. The Hall–Kier alpha value is -2.48. The molecule has 1 fully saturated rings. The lowest BCUT2D eigenvalue weighted by Crippen LogP contribution is -2.42. The van der Waals surface area contributed by atoms with Gasteiger partial charge in [0.2, 0.25) is 0 Å². The molecule has 0 radical (unpaired) electrons. The number of aromatic nitrogens is 3. The summed E-state index contributed by atoms with van der Waals surface area (Å²) in [5.41, 5.74) is 3.17. The highest BCUT2D eigenvalue weighted by Gasteiger charge is 2.25. The van der Waals surface area contributed by atoms with Gasteiger partial charge in [0.15, 0.2) is 0 Å². The summed E-state index contributed by atoms with van der Waals surface area (Å²) in [6.07, 6.45) is 5.49. The van der Waals surface area contributed by atoms with E-state index in [2.05, 4.69) is 31.5 Å². The van der Waals surface area contributed by atoms with E-state index < -0.39 is 0 Å². The second-order valence-corrected chi connectivity index (χ2v) is 6.76. The third-order valence-corrected chi connectivity index (χ3v) is 4.90. The number of ether oxygens (including phenoxy) is 1. The van der Waals surface area contributed by atoms with E-state index in [4.69, 9.17) is 9.15 Å². The van der Waals surface area contributed by atoms with Crippen molar-refractivity contribution in [1.82, 2.24) is 25.4 Å². The van der Waals surface area contributed by atoms with Gasteiger partial charge in [-0.2, -0.15) is 5.10 Å². The quantitative estimate of drug-likeness (QED) is 0.668. The number of pyridine rings is 1. The normalized spacial score (nSPS) is 16.5. The van der Waals surface area contributed by atoms with Crippen molar-refractivity contribution in [2.75, 3.05) is 32.8 Å². The van der Waals surface area contributed by atoms with Crippen molar-refractivity contribution in [1.29, 1.82) is 0 Å². The summed E-state index contributed by atoms with van der Waals surface area (Å²) in [5, 5.41) is 10.9. The minimum Gasteiger partial charge on any atom is -0.465 e. The highest BCUT2D eigenvalue weighted by Crippen LogP contribution is 2.24. The topological polar surface area (TPSA) is 79.2 Å². The third kappa shape index (κ3) is 4.27. The SMILES string of the molecule is Cc1ccc(C(CNCc2cn[nH]c2-c2cccnc2)N2CCOCC2)o1. The highest BCUT2D eigenvalue weighted by atomic mass is 16.5. The first-order chi connectivity index (χ1) is 13.3. The smallest absolute Gasteiger partial charge is 0.122 e. The van der Waals surface area contributed by atoms with Gasteiger partial charge >= 0.3 is 0 Å². The van der Waals surface area contributed by atoms with E-state index in [0.717, 1.165) is 67.7 Å². The Morgan fingerprint density at radius 3 is 2.85 bits per heavy atom. The minimum absolute atomic E-state index is 0.191. The predicted molar refractivity (Wildman–Crippen MR) is 102 cm³/mol. The van der Waals surface area contributed by atoms with Crippen molar-refractivity contribution in [3.8, 4) is 11.3 Å². The summed E-state index contributed by atoms with van der Waals surface area (Å²) >= 11 is 0. The first-order valence-electron chi connectivity index (χ1n) is 9.33. The van der Waals surface area contributed by atoms with Crippen molar-refractivity contribution in [3.63, 3.8) is 0 Å². The van der Waals surface area contributed by atoms with Crippen LogP contribution in [-0.4, -0.2) is 52.9 Å². The summed E-state index contributed by atoms with van der Waals surface area (Å²) in [6.45, 7) is 6.87. The van der Waals surface area contributed by atoms with Crippen LogP contribution in [0.4, 0.5) is 0 Å². The zero-order chi connectivity index (χ0) is 18.5. The first kappa shape index (κ1) is 17.9. The molecule has 0 bridgehead atoms. The molecule has 4 heterocycles. The van der Waals surface area contributed by atoms with Crippen LogP contribution in [0.25, 0.3) is 11.3 Å². The van der Waals surface area contributed by atoms with Crippen LogP contribution in [-0.2, 0) is 11.3 Å². The maximum absolute atomic E-state index is 5.93. The molecule has 0 amide bonds. The van der Waals surface area contributed by atoms with Crippen LogP contribution in [0, 0.1) is 6.92 Å². The monoisotopic (exact) mass is 367 g/mol. The van der Waals surface area contributed by atoms with Gasteiger partial charge in [-0.05, 0) is 31.2 Å². The third-order valence-electron chi connectivity index (χ3n) is 4.90. The van der Waals surface area contributed by atoms with Crippen molar-refractivity contribution in [2.24, 2.45) is 0 Å². The van der Waals surface area contributed by atoms with Crippen LogP contribution >= 0.6 is 0 Å². The van der Waals surface area contributed by atoms with Gasteiger partial charge in [0, 0.05) is 49.7 Å². The number of aromatic amines is 1. The van der Waals surface area contributed by atoms with E-state index >= 15 is 0 Å². The second kappa shape index (κ2) is 8.47. The minimum atomic E-state index is 0.191. The molecule has 7 heteroatoms. The molecule has 0 aromatic carbocycles. The molecular formula is C20H25N5O2. The van der Waals surface area contributed by atoms with Gasteiger partial charge in [0.25, 0.3) is 0 Å². The van der Waals surface area contributed by atoms with E-state index in [9.17, 15) is 0 Å². The highest BCUT2D eigenvalue weighted by molar-refractivity contribution is 5.61. The Balaban J connectivity index is 1.44. The number of nitrogens with one attached hydrogen (secondary N) is 2. The molecule has 0 saturated carbocycles. The van der Waals surface area contributed by atoms with Gasteiger partial charge in [-0.1, -0.05) is 0 Å². The summed E-state index contributed by atoms with van der Waals surface area (Å²) in [5.74, 6) is 1.94. The zero-order valence-electron chi connectivity index (χ0n) is 15.5. The molecule has 3 aromatic heterocycles. The first-order valence-corrected chi connectivity index (χ1v) is 9.33. The lowest BCUT2D eigenvalue weighted by molar-refractivity contribution is 0.0115. The summed E-state index contributed by atoms with van der Waals surface area (Å²) in [7, 11) is 0. The number of H-pyrrole nitrogens is 1. The molecule has 2 N–H and O–H groups in total. The second-order valence-electron chi connectivity index (χ2n) is 6.76. The van der Waals surface area contributed by atoms with E-state index in [1.165, 1.54) is 0 Å². The molecule has 7 nitrogen and oxygen atoms in total. The van der Waals surface area contributed by atoms with Crippen molar-refractivity contribution < 1.29 is 9.15 Å². The summed E-state index contributed by atoms with van der Waals surface area (Å²) < 4.78 is 11.4. The molecule has 1 saturated heterocycles. The van der Waals surface area contributed by atoms with E-state index in [0.29, 0.717) is 0 Å². The molecule has 27 heavy (non-hydrogen) atoms. The van der Waals surface area contributed by atoms with Crippen LogP contribution in [0.3, 0.4) is 0 Å². The Morgan fingerprint density at radius 1 is 1.22 bits per heavy atom. The molecule has 1 unspecified atom stereocenters. The number of nitrogens with zero attached hydrogens (tertiary/aromatic N) is 3. The van der Waals surface area contributed by atoms with Gasteiger partial charge in [-0.25, -0.2) is 0 Å². The average molecular weight is 367 g/mol. The van der Waals surface area contributed by atoms with Gasteiger partial charge in [-0.15, -0.1) is 0 Å². The van der Waals surface area contributed by atoms with E-state index in [1.807, 2.05) is 37.5 Å². The maximum Gasteiger partial charge on any atom is 0.122 e. The van der Waals surface area contributed by atoms with Crippen LogP contribution in [0.2, 0.25) is 0 Å². The largest absolute Gasteiger partial charge is 0.465 e. The number of morpholine rings is 1. The van der Waals surface area contributed by atoms with E-state index in [-0.39, 0.29) is 6.04 Å². The molecule has 1 aliphatic heterocycles. The fourth-order valence-electron chi connectivity index (χ4n) is 3.48. The van der Waals surface area contributed by atoms with Crippen LogP contribution in [0.15, 0.2) is 47.3 Å². The molecule has 142 valence electrons. The molecule has 3 aromatic rings. The van der Waals surface area contributed by atoms with Gasteiger partial charge in [0.1, 0.15) is 11.5 Å². The Bertz CT molecular complexity index is 839. The standard InChI is InChI=1S/C20H25N5O2/c1-15-4-5-19(27-15)18(25-7-9-26-10-8-25)14-22-12-17-13-23-24-20(17)16-3-2-6-21-11-16/h2-6,11,13,18,22H,7-10,12,14H2,1H3,(H,23,24). The molecular weight excluding hydrogens is 342 g/mol. The van der Waals surface area contributed by atoms with Gasteiger partial charge in [0.05, 0.1) is 31.1 Å². The number of furan rings is 1. The Morgan fingerprint density at radius 2 is 2.11 bits per heavy atom. The molecule has 0 aliphatic carbocycles. The van der Waals surface area contributed by atoms with Crippen molar-refractivity contribution >= 4 is 0 Å². The number of rotatable bonds is 7. The molecule has 0 spiro atoms. The Kier molecular flexibility index (Phi) is 5.62. The average Bonchev–Trinajstić information content (AvgIpc) is 3.35. The fourth-order valence-corrected chi connectivity index (χ4v) is 3.48. The summed E-state index contributed by atoms with van der Waals surface area (Å²) in [4.78, 5) is 6.62. The number of hydrogen-bond acceptors (Lipinski definition) is 6. The van der Waals surface area contributed by atoms with Crippen LogP contribution in [0.1, 0.15) is 23.1 Å². The number of hydrogen-bond donors (Lipinski definition) is 2. The van der Waals surface area contributed by atoms with Gasteiger partial charge < -0.3 is 14.5 Å². The van der Waals surface area contributed by atoms with Crippen molar-refractivity contribution in [3.05, 3.63) is 59.9 Å². The summed E-state index contributed by atoms with van der Waals surface area (Å²) in [6, 6.07) is 8.26. The maximum atomic E-state index is 5.93. The van der Waals surface area contributed by atoms with Crippen LogP contribution < -0.4 is 5.32 Å².